The molecule has 0 spiro atoms. The van der Waals surface area contributed by atoms with Gasteiger partial charge in [-0.1, -0.05) is 0 Å². The van der Waals surface area contributed by atoms with E-state index < -0.39 is 0 Å². The van der Waals surface area contributed by atoms with Crippen LogP contribution < -0.4 is 10.6 Å². The van der Waals surface area contributed by atoms with Crippen molar-refractivity contribution in [2.75, 3.05) is 31.4 Å². The number of hydrogen-bond acceptors (Lipinski definition) is 4. The molecule has 0 radical (unpaired) electrons. The second-order valence-corrected chi connectivity index (χ2v) is 3.51. The molecule has 0 aliphatic heterocycles. The average molecular weight is 209 g/mol. The van der Waals surface area contributed by atoms with Gasteiger partial charge in [0.25, 0.3) is 0 Å². The zero-order valence-electron chi connectivity index (χ0n) is 9.58. The molecule has 1 rings (SSSR count). The van der Waals surface area contributed by atoms with E-state index in [0.29, 0.717) is 6.04 Å². The molecule has 84 valence electrons. The number of pyridine rings is 1. The molecule has 0 aromatic carbocycles. The summed E-state index contributed by atoms with van der Waals surface area (Å²) < 4.78 is 5.03. The maximum Gasteiger partial charge on any atom is 0.127 e. The Morgan fingerprint density at radius 2 is 2.33 bits per heavy atom. The summed E-state index contributed by atoms with van der Waals surface area (Å²) in [6.45, 7) is 2.91. The summed E-state index contributed by atoms with van der Waals surface area (Å²) in [5.74, 6) is 0.874. The summed E-state index contributed by atoms with van der Waals surface area (Å²) in [6, 6.07) is 4.35. The minimum absolute atomic E-state index is 0.400. The highest BCUT2D eigenvalue weighted by molar-refractivity contribution is 5.51. The van der Waals surface area contributed by atoms with Crippen LogP contribution in [0.25, 0.3) is 0 Å². The van der Waals surface area contributed by atoms with Gasteiger partial charge < -0.3 is 15.4 Å². The van der Waals surface area contributed by atoms with E-state index in [-0.39, 0.29) is 0 Å². The van der Waals surface area contributed by atoms with Crippen LogP contribution in [-0.4, -0.2) is 31.8 Å². The van der Waals surface area contributed by atoms with Crippen molar-refractivity contribution in [2.24, 2.45) is 0 Å². The van der Waals surface area contributed by atoms with Crippen molar-refractivity contribution < 1.29 is 4.74 Å². The van der Waals surface area contributed by atoms with Crippen molar-refractivity contribution in [3.8, 4) is 0 Å². The van der Waals surface area contributed by atoms with E-state index in [0.717, 1.165) is 24.5 Å². The second-order valence-electron chi connectivity index (χ2n) is 3.51. The van der Waals surface area contributed by atoms with Gasteiger partial charge in [-0.25, -0.2) is 4.98 Å². The van der Waals surface area contributed by atoms with Gasteiger partial charge in [-0.05, 0) is 19.4 Å². The normalized spacial score (nSPS) is 12.2. The SMILES string of the molecule is CNc1cc(NC(C)CCOC)ccn1. The minimum Gasteiger partial charge on any atom is -0.385 e. The molecule has 0 bridgehead atoms. The molecule has 1 unspecified atom stereocenters. The molecule has 0 saturated carbocycles. The second kappa shape index (κ2) is 6.24. The van der Waals surface area contributed by atoms with Gasteiger partial charge in [0.1, 0.15) is 5.82 Å². The van der Waals surface area contributed by atoms with Crippen LogP contribution >= 0.6 is 0 Å². The number of nitrogens with one attached hydrogen (secondary N) is 2. The molecule has 0 aliphatic carbocycles. The van der Waals surface area contributed by atoms with E-state index in [9.17, 15) is 0 Å². The fraction of sp³-hybridized carbons (Fsp3) is 0.545. The van der Waals surface area contributed by atoms with Crippen LogP contribution in [0.5, 0.6) is 0 Å². The number of hydrogen-bond donors (Lipinski definition) is 2. The summed E-state index contributed by atoms with van der Waals surface area (Å²) in [5, 5.41) is 6.40. The van der Waals surface area contributed by atoms with Crippen molar-refractivity contribution in [1.29, 1.82) is 0 Å². The Kier molecular flexibility index (Phi) is 4.90. The highest BCUT2D eigenvalue weighted by Gasteiger charge is 2.02. The molecular formula is C11H19N3O. The van der Waals surface area contributed by atoms with Crippen LogP contribution in [0.2, 0.25) is 0 Å². The molecule has 1 heterocycles. The lowest BCUT2D eigenvalue weighted by atomic mass is 10.2. The summed E-state index contributed by atoms with van der Waals surface area (Å²) in [5.41, 5.74) is 1.08. The number of methoxy groups -OCH3 is 1. The largest absolute Gasteiger partial charge is 0.385 e. The monoisotopic (exact) mass is 209 g/mol. The lowest BCUT2D eigenvalue weighted by Gasteiger charge is -2.15. The Balaban J connectivity index is 2.48. The standard InChI is InChI=1S/C11H19N3O/c1-9(5-7-15-3)14-10-4-6-13-11(8-10)12-2/h4,6,8-9H,5,7H2,1-3H3,(H2,12,13,14). The first-order valence-corrected chi connectivity index (χ1v) is 5.15. The van der Waals surface area contributed by atoms with Crippen LogP contribution in [0.15, 0.2) is 18.3 Å². The maximum absolute atomic E-state index is 5.03. The predicted octanol–water partition coefficient (Wildman–Crippen LogP) is 1.96. The van der Waals surface area contributed by atoms with Gasteiger partial charge in [0.15, 0.2) is 0 Å². The van der Waals surface area contributed by atoms with Crippen LogP contribution in [0, 0.1) is 0 Å². The van der Waals surface area contributed by atoms with Gasteiger partial charge in [-0.3, -0.25) is 0 Å². The molecule has 1 atom stereocenters. The van der Waals surface area contributed by atoms with Gasteiger partial charge in [-0.15, -0.1) is 0 Å². The minimum atomic E-state index is 0.400. The van der Waals surface area contributed by atoms with E-state index in [4.69, 9.17) is 4.74 Å². The molecule has 4 heteroatoms. The summed E-state index contributed by atoms with van der Waals surface area (Å²) in [4.78, 5) is 4.15. The predicted molar refractivity (Wildman–Crippen MR) is 63.4 cm³/mol. The van der Waals surface area contributed by atoms with E-state index >= 15 is 0 Å². The molecule has 1 aromatic heterocycles. The third kappa shape index (κ3) is 4.16. The molecule has 0 saturated heterocycles. The van der Waals surface area contributed by atoms with E-state index in [2.05, 4.69) is 22.5 Å². The van der Waals surface area contributed by atoms with Gasteiger partial charge in [0, 0.05) is 44.8 Å². The third-order valence-corrected chi connectivity index (χ3v) is 2.18. The third-order valence-electron chi connectivity index (χ3n) is 2.18. The van der Waals surface area contributed by atoms with Crippen molar-refractivity contribution in [1.82, 2.24) is 4.98 Å². The fourth-order valence-electron chi connectivity index (χ4n) is 1.31. The quantitative estimate of drug-likeness (QED) is 0.752. The molecule has 0 aliphatic rings. The van der Waals surface area contributed by atoms with Crippen molar-refractivity contribution in [2.45, 2.75) is 19.4 Å². The Morgan fingerprint density at radius 1 is 1.53 bits per heavy atom. The summed E-state index contributed by atoms with van der Waals surface area (Å²) >= 11 is 0. The smallest absolute Gasteiger partial charge is 0.127 e. The molecular weight excluding hydrogens is 190 g/mol. The van der Waals surface area contributed by atoms with Crippen LogP contribution in [0.1, 0.15) is 13.3 Å². The highest BCUT2D eigenvalue weighted by atomic mass is 16.5. The number of rotatable bonds is 6. The van der Waals surface area contributed by atoms with E-state index in [1.54, 1.807) is 13.3 Å². The zero-order chi connectivity index (χ0) is 11.1. The Morgan fingerprint density at radius 3 is 3.00 bits per heavy atom. The first-order valence-electron chi connectivity index (χ1n) is 5.15. The molecule has 2 N–H and O–H groups in total. The lowest BCUT2D eigenvalue weighted by Crippen LogP contribution is -2.17. The summed E-state index contributed by atoms with van der Waals surface area (Å²) in [6.07, 6.45) is 2.78. The zero-order valence-corrected chi connectivity index (χ0v) is 9.58. The Hall–Kier alpha value is -1.29. The first kappa shape index (κ1) is 11.8. The van der Waals surface area contributed by atoms with E-state index in [1.807, 2.05) is 19.2 Å². The lowest BCUT2D eigenvalue weighted by molar-refractivity contribution is 0.191. The van der Waals surface area contributed by atoms with Crippen molar-refractivity contribution in [3.63, 3.8) is 0 Å². The Bertz CT molecular complexity index is 291. The topological polar surface area (TPSA) is 46.2 Å². The van der Waals surface area contributed by atoms with Crippen molar-refractivity contribution in [3.05, 3.63) is 18.3 Å². The number of anilines is 2. The average Bonchev–Trinajstić information content (AvgIpc) is 2.26. The first-order chi connectivity index (χ1) is 7.26. The van der Waals surface area contributed by atoms with Crippen molar-refractivity contribution >= 4 is 11.5 Å². The van der Waals surface area contributed by atoms with Gasteiger partial charge in [-0.2, -0.15) is 0 Å². The van der Waals surface area contributed by atoms with Gasteiger partial charge in [0.2, 0.25) is 0 Å². The van der Waals surface area contributed by atoms with Crippen LogP contribution in [0.3, 0.4) is 0 Å². The molecule has 0 amide bonds. The number of aromatic nitrogens is 1. The molecule has 15 heavy (non-hydrogen) atoms. The van der Waals surface area contributed by atoms with Crippen LogP contribution in [0.4, 0.5) is 11.5 Å². The maximum atomic E-state index is 5.03. The van der Waals surface area contributed by atoms with Crippen LogP contribution in [-0.2, 0) is 4.74 Å². The summed E-state index contributed by atoms with van der Waals surface area (Å²) in [7, 11) is 3.58. The molecule has 1 aromatic rings. The number of nitrogens with zero attached hydrogens (tertiary/aromatic N) is 1. The highest BCUT2D eigenvalue weighted by Crippen LogP contribution is 2.13. The molecule has 0 fully saturated rings. The van der Waals surface area contributed by atoms with E-state index in [1.165, 1.54) is 0 Å². The fourth-order valence-corrected chi connectivity index (χ4v) is 1.31. The Labute approximate surface area is 91.1 Å². The molecule has 4 nitrogen and oxygen atoms in total. The number of ether oxygens (including phenoxy) is 1. The van der Waals surface area contributed by atoms with Gasteiger partial charge >= 0.3 is 0 Å². The van der Waals surface area contributed by atoms with Gasteiger partial charge in [0.05, 0.1) is 0 Å².